The predicted molar refractivity (Wildman–Crippen MR) is 89.6 cm³/mol. The van der Waals surface area contributed by atoms with Gasteiger partial charge >= 0.3 is 6.18 Å². The van der Waals surface area contributed by atoms with Crippen LogP contribution in [-0.4, -0.2) is 5.91 Å². The summed E-state index contributed by atoms with van der Waals surface area (Å²) in [5.41, 5.74) is 0.740. The smallest absolute Gasteiger partial charge is 0.321 e. The molecule has 1 N–H and O–H groups in total. The van der Waals surface area contributed by atoms with Crippen LogP contribution in [0.15, 0.2) is 48.0 Å². The van der Waals surface area contributed by atoms with Crippen LogP contribution >= 0.6 is 0 Å². The van der Waals surface area contributed by atoms with E-state index in [-0.39, 0.29) is 5.56 Å². The van der Waals surface area contributed by atoms with Crippen molar-refractivity contribution >= 4 is 17.7 Å². The summed E-state index contributed by atoms with van der Waals surface area (Å²) >= 11 is 0. The van der Waals surface area contributed by atoms with Crippen LogP contribution < -0.4 is 5.32 Å². The average Bonchev–Trinajstić information content (AvgIpc) is 2.56. The molecule has 0 aromatic heterocycles. The number of nitrogens with zero attached hydrogens (tertiary/aromatic N) is 1. The van der Waals surface area contributed by atoms with Gasteiger partial charge in [-0.3, -0.25) is 4.79 Å². The fourth-order valence-electron chi connectivity index (χ4n) is 2.26. The molecule has 2 rings (SSSR count). The van der Waals surface area contributed by atoms with Gasteiger partial charge in [0.15, 0.2) is 0 Å². The number of carbonyl (C=O) groups excluding carboxylic acids is 1. The van der Waals surface area contributed by atoms with E-state index in [1.165, 1.54) is 18.2 Å². The molecule has 0 spiro atoms. The maximum absolute atomic E-state index is 13.0. The lowest BCUT2D eigenvalue weighted by atomic mass is 10.0. The second-order valence-electron chi connectivity index (χ2n) is 5.46. The molecule has 0 unspecified atom stereocenters. The second kappa shape index (κ2) is 7.22. The van der Waals surface area contributed by atoms with E-state index in [2.05, 4.69) is 5.32 Å². The van der Waals surface area contributed by atoms with Gasteiger partial charge < -0.3 is 5.32 Å². The summed E-state index contributed by atoms with van der Waals surface area (Å²) in [5.74, 6) is -0.756. The van der Waals surface area contributed by atoms with E-state index in [9.17, 15) is 23.2 Å². The van der Waals surface area contributed by atoms with E-state index < -0.39 is 23.2 Å². The first-order valence-corrected chi connectivity index (χ1v) is 7.39. The average molecular weight is 344 g/mol. The molecule has 3 nitrogen and oxygen atoms in total. The number of rotatable bonds is 3. The normalized spacial score (nSPS) is 11.8. The van der Waals surface area contributed by atoms with Crippen molar-refractivity contribution in [2.45, 2.75) is 20.0 Å². The third-order valence-electron chi connectivity index (χ3n) is 3.78. The largest absolute Gasteiger partial charge is 0.416 e. The van der Waals surface area contributed by atoms with Crippen molar-refractivity contribution in [3.63, 3.8) is 0 Å². The SMILES string of the molecule is Cc1cccc(NC(=O)/C(C#N)=C/c2ccccc2C(F)(F)F)c1C. The molecule has 0 bridgehead atoms. The first kappa shape index (κ1) is 18.3. The first-order chi connectivity index (χ1) is 11.7. The minimum absolute atomic E-state index is 0.234. The Kier molecular flexibility index (Phi) is 5.28. The molecule has 2 aromatic rings. The van der Waals surface area contributed by atoms with Gasteiger partial charge in [-0.25, -0.2) is 0 Å². The van der Waals surface area contributed by atoms with Gasteiger partial charge in [-0.05, 0) is 48.7 Å². The zero-order valence-corrected chi connectivity index (χ0v) is 13.6. The van der Waals surface area contributed by atoms with E-state index in [1.54, 1.807) is 25.1 Å². The summed E-state index contributed by atoms with van der Waals surface area (Å²) in [6.45, 7) is 3.67. The summed E-state index contributed by atoms with van der Waals surface area (Å²) in [6.07, 6.45) is -3.62. The number of carbonyl (C=O) groups is 1. The highest BCUT2D eigenvalue weighted by molar-refractivity contribution is 6.10. The quantitative estimate of drug-likeness (QED) is 0.638. The lowest BCUT2D eigenvalue weighted by molar-refractivity contribution is -0.137. The van der Waals surface area contributed by atoms with Crippen LogP contribution in [-0.2, 0) is 11.0 Å². The van der Waals surface area contributed by atoms with Crippen molar-refractivity contribution in [2.75, 3.05) is 5.32 Å². The second-order valence-corrected chi connectivity index (χ2v) is 5.46. The van der Waals surface area contributed by atoms with E-state index in [0.717, 1.165) is 23.3 Å². The summed E-state index contributed by atoms with van der Waals surface area (Å²) in [6, 6.07) is 11.7. The fraction of sp³-hybridized carbons (Fsp3) is 0.158. The molecule has 6 heteroatoms. The lowest BCUT2D eigenvalue weighted by Gasteiger charge is -2.11. The van der Waals surface area contributed by atoms with E-state index in [0.29, 0.717) is 5.69 Å². The molecule has 0 heterocycles. The van der Waals surface area contributed by atoms with Crippen LogP contribution in [0.25, 0.3) is 6.08 Å². The third-order valence-corrected chi connectivity index (χ3v) is 3.78. The molecule has 25 heavy (non-hydrogen) atoms. The summed E-state index contributed by atoms with van der Waals surface area (Å²) in [5, 5.41) is 11.8. The Bertz CT molecular complexity index is 877. The summed E-state index contributed by atoms with van der Waals surface area (Å²) < 4.78 is 39.1. The van der Waals surface area contributed by atoms with Gasteiger partial charge in [0.1, 0.15) is 11.6 Å². The Morgan fingerprint density at radius 2 is 1.80 bits per heavy atom. The molecule has 0 aliphatic rings. The number of nitrogens with one attached hydrogen (secondary N) is 1. The molecule has 0 atom stereocenters. The van der Waals surface area contributed by atoms with Crippen LogP contribution in [0.2, 0.25) is 0 Å². The topological polar surface area (TPSA) is 52.9 Å². The van der Waals surface area contributed by atoms with Gasteiger partial charge in [-0.15, -0.1) is 0 Å². The maximum Gasteiger partial charge on any atom is 0.416 e. The monoisotopic (exact) mass is 344 g/mol. The van der Waals surface area contributed by atoms with Crippen LogP contribution in [0, 0.1) is 25.2 Å². The highest BCUT2D eigenvalue weighted by Gasteiger charge is 2.32. The van der Waals surface area contributed by atoms with Crippen LogP contribution in [0.1, 0.15) is 22.3 Å². The number of anilines is 1. The van der Waals surface area contributed by atoms with Gasteiger partial charge in [-0.1, -0.05) is 30.3 Å². The number of hydrogen-bond acceptors (Lipinski definition) is 2. The molecule has 0 saturated carbocycles. The summed E-state index contributed by atoms with van der Waals surface area (Å²) in [4.78, 5) is 12.3. The minimum atomic E-state index is -4.57. The fourth-order valence-corrected chi connectivity index (χ4v) is 2.26. The molecule has 2 aromatic carbocycles. The predicted octanol–water partition coefficient (Wildman–Crippen LogP) is 4.87. The lowest BCUT2D eigenvalue weighted by Crippen LogP contribution is -2.15. The molecule has 0 aliphatic heterocycles. The van der Waals surface area contributed by atoms with Crippen molar-refractivity contribution in [1.29, 1.82) is 5.26 Å². The van der Waals surface area contributed by atoms with Gasteiger partial charge in [0.2, 0.25) is 0 Å². The number of halogens is 3. The number of amides is 1. The van der Waals surface area contributed by atoms with Gasteiger partial charge in [-0.2, -0.15) is 18.4 Å². The Balaban J connectivity index is 2.37. The molecular weight excluding hydrogens is 329 g/mol. The number of hydrogen-bond donors (Lipinski definition) is 1. The van der Waals surface area contributed by atoms with Crippen molar-refractivity contribution < 1.29 is 18.0 Å². The van der Waals surface area contributed by atoms with Crippen LogP contribution in [0.5, 0.6) is 0 Å². The Morgan fingerprint density at radius 3 is 2.44 bits per heavy atom. The zero-order chi connectivity index (χ0) is 18.6. The molecule has 1 amide bonds. The highest BCUT2D eigenvalue weighted by atomic mass is 19.4. The molecule has 0 saturated heterocycles. The van der Waals surface area contributed by atoms with E-state index in [1.807, 2.05) is 13.0 Å². The molecular formula is C19H15F3N2O. The summed E-state index contributed by atoms with van der Waals surface area (Å²) in [7, 11) is 0. The van der Waals surface area contributed by atoms with Crippen LogP contribution in [0.4, 0.5) is 18.9 Å². The molecule has 0 aliphatic carbocycles. The molecule has 128 valence electrons. The molecule has 0 radical (unpaired) electrons. The Morgan fingerprint density at radius 1 is 1.12 bits per heavy atom. The Labute approximate surface area is 143 Å². The number of benzene rings is 2. The maximum atomic E-state index is 13.0. The number of aryl methyl sites for hydroxylation is 1. The first-order valence-electron chi connectivity index (χ1n) is 7.39. The molecule has 0 fully saturated rings. The van der Waals surface area contributed by atoms with Crippen molar-refractivity contribution in [3.8, 4) is 6.07 Å². The number of nitriles is 1. The van der Waals surface area contributed by atoms with E-state index >= 15 is 0 Å². The van der Waals surface area contributed by atoms with Gasteiger partial charge in [0.25, 0.3) is 5.91 Å². The Hall–Kier alpha value is -3.07. The van der Waals surface area contributed by atoms with Gasteiger partial charge in [0.05, 0.1) is 5.56 Å². The minimum Gasteiger partial charge on any atom is -0.321 e. The number of alkyl halides is 3. The van der Waals surface area contributed by atoms with Crippen LogP contribution in [0.3, 0.4) is 0 Å². The highest BCUT2D eigenvalue weighted by Crippen LogP contribution is 2.32. The van der Waals surface area contributed by atoms with Crippen molar-refractivity contribution in [3.05, 3.63) is 70.3 Å². The van der Waals surface area contributed by atoms with Crippen molar-refractivity contribution in [2.24, 2.45) is 0 Å². The standard InChI is InChI=1S/C19H15F3N2O/c1-12-6-5-9-17(13(12)2)24-18(25)15(11-23)10-14-7-3-4-8-16(14)19(20,21)22/h3-10H,1-2H3,(H,24,25)/b15-10+. The van der Waals surface area contributed by atoms with Gasteiger partial charge in [0, 0.05) is 5.69 Å². The van der Waals surface area contributed by atoms with E-state index in [4.69, 9.17) is 0 Å². The van der Waals surface area contributed by atoms with Crippen molar-refractivity contribution in [1.82, 2.24) is 0 Å². The third kappa shape index (κ3) is 4.27. The zero-order valence-electron chi connectivity index (χ0n) is 13.6.